The highest BCUT2D eigenvalue weighted by molar-refractivity contribution is 6.21. The third-order valence-corrected chi connectivity index (χ3v) is 3.52. The Labute approximate surface area is 132 Å². The first-order valence-corrected chi connectivity index (χ1v) is 7.17. The summed E-state index contributed by atoms with van der Waals surface area (Å²) in [6, 6.07) is 11.9. The largest absolute Gasteiger partial charge is 0.459 e. The molecule has 1 aliphatic heterocycles. The smallest absolute Gasteiger partial charge is 0.307 e. The summed E-state index contributed by atoms with van der Waals surface area (Å²) in [7, 11) is 0. The fraction of sp³-hybridized carbons (Fsp3) is 0.176. The van der Waals surface area contributed by atoms with E-state index in [0.29, 0.717) is 16.8 Å². The van der Waals surface area contributed by atoms with Crippen LogP contribution in [0.5, 0.6) is 0 Å². The Hall–Kier alpha value is -3.02. The second-order valence-corrected chi connectivity index (χ2v) is 5.04. The highest BCUT2D eigenvalue weighted by atomic mass is 16.5. The van der Waals surface area contributed by atoms with Crippen molar-refractivity contribution in [3.8, 4) is 0 Å². The van der Waals surface area contributed by atoms with Gasteiger partial charge in [-0.05, 0) is 24.3 Å². The number of hydrogen-bond donors (Lipinski definition) is 0. The van der Waals surface area contributed by atoms with Crippen molar-refractivity contribution >= 4 is 17.8 Å². The molecule has 2 amide bonds. The van der Waals surface area contributed by atoms with Crippen LogP contribution in [0.25, 0.3) is 0 Å². The van der Waals surface area contributed by atoms with E-state index in [9.17, 15) is 14.4 Å². The summed E-state index contributed by atoms with van der Waals surface area (Å²) in [6.45, 7) is 0.0786. The molecule has 0 bridgehead atoms. The summed E-state index contributed by atoms with van der Waals surface area (Å²) >= 11 is 0. The van der Waals surface area contributed by atoms with Crippen molar-refractivity contribution in [2.75, 3.05) is 6.54 Å². The zero-order chi connectivity index (χ0) is 16.2. The Bertz CT molecular complexity index is 723. The lowest BCUT2D eigenvalue weighted by atomic mass is 10.1. The monoisotopic (exact) mass is 310 g/mol. The maximum absolute atomic E-state index is 12.1. The van der Waals surface area contributed by atoms with E-state index in [0.717, 1.165) is 4.90 Å². The first-order chi connectivity index (χ1) is 11.2. The Kier molecular flexibility index (Phi) is 4.14. The van der Waals surface area contributed by atoms with Crippen molar-refractivity contribution in [1.29, 1.82) is 0 Å². The van der Waals surface area contributed by atoms with Gasteiger partial charge in [0, 0.05) is 12.7 Å². The molecular weight excluding hydrogens is 296 g/mol. The van der Waals surface area contributed by atoms with Crippen LogP contribution in [0.15, 0.2) is 48.7 Å². The lowest BCUT2D eigenvalue weighted by Gasteiger charge is -2.13. The molecule has 0 aliphatic carbocycles. The molecule has 0 saturated heterocycles. The number of ether oxygens (including phenoxy) is 1. The van der Waals surface area contributed by atoms with Crippen molar-refractivity contribution < 1.29 is 19.1 Å². The molecule has 116 valence electrons. The van der Waals surface area contributed by atoms with Crippen LogP contribution in [-0.4, -0.2) is 34.2 Å². The molecule has 6 nitrogen and oxygen atoms in total. The van der Waals surface area contributed by atoms with E-state index in [4.69, 9.17) is 4.74 Å². The third kappa shape index (κ3) is 3.11. The third-order valence-electron chi connectivity index (χ3n) is 3.52. The van der Waals surface area contributed by atoms with Gasteiger partial charge < -0.3 is 4.74 Å². The molecule has 1 aromatic carbocycles. The molecule has 23 heavy (non-hydrogen) atoms. The minimum absolute atomic E-state index is 0.00734. The number of carbonyl (C=O) groups excluding carboxylic acids is 3. The molecule has 0 fully saturated rings. The minimum atomic E-state index is -0.479. The fourth-order valence-corrected chi connectivity index (χ4v) is 2.36. The highest BCUT2D eigenvalue weighted by Gasteiger charge is 2.35. The molecule has 0 unspecified atom stereocenters. The van der Waals surface area contributed by atoms with Crippen molar-refractivity contribution in [3.63, 3.8) is 0 Å². The average molecular weight is 310 g/mol. The highest BCUT2D eigenvalue weighted by Crippen LogP contribution is 2.22. The summed E-state index contributed by atoms with van der Waals surface area (Å²) in [4.78, 5) is 41.2. The molecular formula is C17H14N2O4. The molecule has 0 radical (unpaired) electrons. The van der Waals surface area contributed by atoms with E-state index < -0.39 is 5.97 Å². The number of amides is 2. The van der Waals surface area contributed by atoms with Crippen LogP contribution in [-0.2, 0) is 16.1 Å². The minimum Gasteiger partial charge on any atom is -0.459 e. The number of imide groups is 1. The normalized spacial score (nSPS) is 13.1. The number of benzene rings is 1. The van der Waals surface area contributed by atoms with Gasteiger partial charge in [-0.15, -0.1) is 0 Å². The Morgan fingerprint density at radius 1 is 1.00 bits per heavy atom. The quantitative estimate of drug-likeness (QED) is 0.622. The van der Waals surface area contributed by atoms with E-state index in [-0.39, 0.29) is 31.4 Å². The van der Waals surface area contributed by atoms with Gasteiger partial charge in [-0.1, -0.05) is 18.2 Å². The summed E-state index contributed by atoms with van der Waals surface area (Å²) in [6.07, 6.45) is 1.57. The molecule has 2 aromatic rings. The molecule has 0 atom stereocenters. The molecule has 0 N–H and O–H groups in total. The molecule has 1 aromatic heterocycles. The molecule has 2 heterocycles. The van der Waals surface area contributed by atoms with Gasteiger partial charge in [-0.25, -0.2) is 0 Å². The van der Waals surface area contributed by atoms with Gasteiger partial charge in [0.25, 0.3) is 11.8 Å². The number of fused-ring (bicyclic) bond motifs is 1. The van der Waals surface area contributed by atoms with E-state index in [1.807, 2.05) is 0 Å². The summed E-state index contributed by atoms with van der Waals surface area (Å²) in [5.41, 5.74) is 1.39. The van der Waals surface area contributed by atoms with Crippen molar-refractivity contribution in [3.05, 3.63) is 65.5 Å². The lowest BCUT2D eigenvalue weighted by molar-refractivity contribution is -0.145. The topological polar surface area (TPSA) is 76.6 Å². The van der Waals surface area contributed by atoms with Gasteiger partial charge >= 0.3 is 5.97 Å². The number of rotatable bonds is 5. The Balaban J connectivity index is 1.54. The molecule has 0 saturated carbocycles. The Morgan fingerprint density at radius 2 is 1.65 bits per heavy atom. The SMILES string of the molecule is O=C(CCN1C(=O)c2ccccc2C1=O)OCc1ccccn1. The van der Waals surface area contributed by atoms with E-state index in [2.05, 4.69) is 4.98 Å². The second-order valence-electron chi connectivity index (χ2n) is 5.04. The molecule has 0 spiro atoms. The molecule has 3 rings (SSSR count). The number of aromatic nitrogens is 1. The fourth-order valence-electron chi connectivity index (χ4n) is 2.36. The zero-order valence-electron chi connectivity index (χ0n) is 12.3. The predicted octanol–water partition coefficient (Wildman–Crippen LogP) is 1.81. The van der Waals surface area contributed by atoms with Crippen molar-refractivity contribution in [1.82, 2.24) is 9.88 Å². The van der Waals surface area contributed by atoms with Crippen LogP contribution in [0, 0.1) is 0 Å². The van der Waals surface area contributed by atoms with Gasteiger partial charge in [-0.2, -0.15) is 0 Å². The number of carbonyl (C=O) groups is 3. The maximum atomic E-state index is 12.1. The van der Waals surface area contributed by atoms with Crippen molar-refractivity contribution in [2.45, 2.75) is 13.0 Å². The van der Waals surface area contributed by atoms with E-state index in [1.165, 1.54) is 0 Å². The lowest BCUT2D eigenvalue weighted by Crippen LogP contribution is -2.32. The average Bonchev–Trinajstić information content (AvgIpc) is 2.83. The van der Waals surface area contributed by atoms with Crippen LogP contribution in [0.3, 0.4) is 0 Å². The van der Waals surface area contributed by atoms with Gasteiger partial charge in [0.05, 0.1) is 23.2 Å². The molecule has 1 aliphatic rings. The summed E-state index contributed by atoms with van der Waals surface area (Å²) in [5.74, 6) is -1.22. The number of nitrogens with zero attached hydrogens (tertiary/aromatic N) is 2. The van der Waals surface area contributed by atoms with Crippen LogP contribution in [0.1, 0.15) is 32.8 Å². The van der Waals surface area contributed by atoms with Gasteiger partial charge in [0.2, 0.25) is 0 Å². The van der Waals surface area contributed by atoms with Crippen LogP contribution in [0.2, 0.25) is 0 Å². The standard InChI is InChI=1S/C17H14N2O4/c20-15(23-11-12-5-3-4-9-18-12)8-10-19-16(21)13-6-1-2-7-14(13)17(19)22/h1-7,9H,8,10-11H2. The van der Waals surface area contributed by atoms with Crippen LogP contribution >= 0.6 is 0 Å². The first-order valence-electron chi connectivity index (χ1n) is 7.17. The van der Waals surface area contributed by atoms with Gasteiger partial charge in [-0.3, -0.25) is 24.3 Å². The van der Waals surface area contributed by atoms with E-state index in [1.54, 1.807) is 48.7 Å². The zero-order valence-corrected chi connectivity index (χ0v) is 12.3. The van der Waals surface area contributed by atoms with E-state index >= 15 is 0 Å². The second kappa shape index (κ2) is 6.39. The number of pyridine rings is 1. The van der Waals surface area contributed by atoms with Crippen molar-refractivity contribution in [2.24, 2.45) is 0 Å². The maximum Gasteiger partial charge on any atom is 0.307 e. The first kappa shape index (κ1) is 14.9. The van der Waals surface area contributed by atoms with Crippen LogP contribution in [0.4, 0.5) is 0 Å². The summed E-state index contributed by atoms with van der Waals surface area (Å²) < 4.78 is 5.08. The van der Waals surface area contributed by atoms with Gasteiger partial charge in [0.15, 0.2) is 0 Å². The summed E-state index contributed by atoms with van der Waals surface area (Å²) in [5, 5.41) is 0. The number of esters is 1. The molecule has 6 heteroatoms. The van der Waals surface area contributed by atoms with Crippen LogP contribution < -0.4 is 0 Å². The van der Waals surface area contributed by atoms with Gasteiger partial charge in [0.1, 0.15) is 6.61 Å². The number of hydrogen-bond acceptors (Lipinski definition) is 5. The predicted molar refractivity (Wildman–Crippen MR) is 80.5 cm³/mol. The Morgan fingerprint density at radius 3 is 2.26 bits per heavy atom.